The van der Waals surface area contributed by atoms with E-state index in [2.05, 4.69) is 20.1 Å². The molecule has 0 saturated heterocycles. The number of amides is 1. The molecular weight excluding hydrogens is 599 g/mol. The molecule has 2 aromatic rings. The number of hydrogen-bond donors (Lipinski definition) is 2. The van der Waals surface area contributed by atoms with E-state index in [4.69, 9.17) is 22.6 Å². The minimum atomic E-state index is -5.60. The summed E-state index contributed by atoms with van der Waals surface area (Å²) in [6, 6.07) is 3.60. The van der Waals surface area contributed by atoms with Crippen molar-refractivity contribution in [3.63, 3.8) is 0 Å². The summed E-state index contributed by atoms with van der Waals surface area (Å²) in [5.41, 5.74) is 0.849. The van der Waals surface area contributed by atoms with Gasteiger partial charge in [0.2, 0.25) is 5.88 Å². The van der Waals surface area contributed by atoms with Gasteiger partial charge in [0.1, 0.15) is 11.4 Å². The molecule has 1 fully saturated rings. The number of nitrogens with one attached hydrogen (secondary N) is 1. The van der Waals surface area contributed by atoms with Crippen LogP contribution in [0.3, 0.4) is 0 Å². The predicted molar refractivity (Wildman–Crippen MR) is 125 cm³/mol. The zero-order chi connectivity index (χ0) is 31.1. The third-order valence-electron chi connectivity index (χ3n) is 5.94. The monoisotopic (exact) mass is 616 g/mol. The first-order valence-electron chi connectivity index (χ1n) is 11.2. The highest BCUT2D eigenvalue weighted by Gasteiger charge is 2.56. The number of nitrogens with two attached hydrogens (primary N) is 1. The van der Waals surface area contributed by atoms with Crippen LogP contribution < -0.4 is 11.1 Å². The number of aliphatic imine (C=N–C) groups is 1. The maximum absolute atomic E-state index is 14.8. The average molecular weight is 617 g/mol. The number of carbonyl (C=O) groups excluding carboxylic acids is 1. The molecule has 8 nitrogen and oxygen atoms in total. The molecule has 1 heterocycles. The van der Waals surface area contributed by atoms with Crippen molar-refractivity contribution in [2.45, 2.75) is 43.8 Å². The number of ether oxygens (including phenoxy) is 1. The smallest absolute Gasteiger partial charge is 0.416 e. The molecule has 1 aromatic heterocycles. The molecule has 0 radical (unpaired) electrons. The van der Waals surface area contributed by atoms with E-state index in [1.165, 1.54) is 0 Å². The molecule has 1 saturated carbocycles. The Morgan fingerprint density at radius 1 is 1.24 bits per heavy atom. The number of rotatable bonds is 7. The van der Waals surface area contributed by atoms with Crippen molar-refractivity contribution in [2.75, 3.05) is 7.05 Å². The highest BCUT2D eigenvalue weighted by Crippen LogP contribution is 2.41. The molecule has 41 heavy (non-hydrogen) atoms. The number of aromatic nitrogens is 2. The van der Waals surface area contributed by atoms with Gasteiger partial charge in [-0.25, -0.2) is 9.07 Å². The molecule has 1 aliphatic carbocycles. The van der Waals surface area contributed by atoms with Gasteiger partial charge in [-0.1, -0.05) is 11.6 Å². The lowest BCUT2D eigenvalue weighted by Gasteiger charge is -2.27. The van der Waals surface area contributed by atoms with Gasteiger partial charge in [-0.05, 0) is 31.9 Å². The van der Waals surface area contributed by atoms with Crippen LogP contribution in [0.15, 0.2) is 41.0 Å². The minimum Gasteiger partial charge on any atom is -0.416 e. The predicted octanol–water partition coefficient (Wildman–Crippen LogP) is 5.55. The lowest BCUT2D eigenvalue weighted by atomic mass is 10.0. The molecule has 222 valence electrons. The van der Waals surface area contributed by atoms with E-state index < -0.39 is 64.5 Å². The summed E-state index contributed by atoms with van der Waals surface area (Å²) in [5.74, 6) is -8.85. The summed E-state index contributed by atoms with van der Waals surface area (Å²) in [6.45, 7) is -0.0187. The molecule has 1 amide bonds. The van der Waals surface area contributed by atoms with E-state index in [1.807, 2.05) is 6.07 Å². The second kappa shape index (κ2) is 10.8. The molecule has 0 spiro atoms. The Labute approximate surface area is 230 Å². The lowest BCUT2D eigenvalue weighted by molar-refractivity contribution is -0.318. The van der Waals surface area contributed by atoms with Crippen LogP contribution in [0.25, 0.3) is 11.1 Å². The average Bonchev–Trinajstić information content (AvgIpc) is 3.44. The van der Waals surface area contributed by atoms with Crippen LogP contribution in [-0.2, 0) is 4.74 Å². The van der Waals surface area contributed by atoms with Crippen LogP contribution in [0, 0.1) is 23.1 Å². The first-order chi connectivity index (χ1) is 18.8. The fourth-order valence-electron chi connectivity index (χ4n) is 3.38. The van der Waals surface area contributed by atoms with Crippen molar-refractivity contribution >= 4 is 23.3 Å². The molecule has 1 unspecified atom stereocenters. The molecule has 18 heteroatoms. The zero-order valence-corrected chi connectivity index (χ0v) is 21.5. The van der Waals surface area contributed by atoms with Crippen molar-refractivity contribution in [1.82, 2.24) is 15.1 Å². The lowest BCUT2D eigenvalue weighted by Crippen LogP contribution is -2.41. The number of benzene rings is 1. The van der Waals surface area contributed by atoms with Crippen LogP contribution in [0.1, 0.15) is 30.1 Å². The highest BCUT2D eigenvalue weighted by molar-refractivity contribution is 6.34. The fraction of sp³-hybridized carbons (Fsp3) is 0.391. The van der Waals surface area contributed by atoms with Crippen molar-refractivity contribution < 1.29 is 49.0 Å². The summed E-state index contributed by atoms with van der Waals surface area (Å²) in [4.78, 5) is 16.0. The third-order valence-corrected chi connectivity index (χ3v) is 6.25. The van der Waals surface area contributed by atoms with Gasteiger partial charge in [-0.15, -0.1) is 0 Å². The number of nitriles is 1. The summed E-state index contributed by atoms with van der Waals surface area (Å²) in [7, 11) is 0.764. The van der Waals surface area contributed by atoms with E-state index in [9.17, 15) is 44.3 Å². The molecule has 3 N–H and O–H groups in total. The summed E-state index contributed by atoms with van der Waals surface area (Å²) < 4.78 is 127. The molecule has 0 bridgehead atoms. The van der Waals surface area contributed by atoms with Gasteiger partial charge in [-0.3, -0.25) is 9.79 Å². The Morgan fingerprint density at radius 2 is 1.85 bits per heavy atom. The largest absolute Gasteiger partial charge is 0.425 e. The fourth-order valence-corrected chi connectivity index (χ4v) is 3.61. The van der Waals surface area contributed by atoms with Crippen LogP contribution in [0.5, 0.6) is 0 Å². The van der Waals surface area contributed by atoms with Crippen LogP contribution in [0.4, 0.5) is 39.5 Å². The number of nitrogens with zero attached hydrogens (tertiary/aromatic N) is 4. The van der Waals surface area contributed by atoms with Crippen LogP contribution in [-0.4, -0.2) is 52.6 Å². The number of halogens is 10. The number of allylic oxidation sites excluding steroid dienone is 1. The maximum Gasteiger partial charge on any atom is 0.425 e. The Kier molecular flexibility index (Phi) is 8.32. The van der Waals surface area contributed by atoms with Crippen molar-refractivity contribution in [3.05, 3.63) is 52.4 Å². The summed E-state index contributed by atoms with van der Waals surface area (Å²) in [5, 5.41) is 14.9. The van der Waals surface area contributed by atoms with Gasteiger partial charge >= 0.3 is 18.5 Å². The van der Waals surface area contributed by atoms with Crippen molar-refractivity contribution in [2.24, 2.45) is 16.6 Å². The normalized spacial score (nSPS) is 16.9. The first kappa shape index (κ1) is 31.6. The van der Waals surface area contributed by atoms with Crippen molar-refractivity contribution in [1.29, 1.82) is 5.26 Å². The molecule has 1 atom stereocenters. The topological polar surface area (TPSA) is 118 Å². The van der Waals surface area contributed by atoms with E-state index in [1.54, 1.807) is 0 Å². The summed E-state index contributed by atoms with van der Waals surface area (Å²) >= 11 is 5.97. The van der Waals surface area contributed by atoms with E-state index in [0.29, 0.717) is 17.5 Å². The van der Waals surface area contributed by atoms with Gasteiger partial charge in [-0.2, -0.15) is 45.5 Å². The summed E-state index contributed by atoms with van der Waals surface area (Å²) in [6.07, 6.45) is -14.0. The molecule has 1 aromatic carbocycles. The van der Waals surface area contributed by atoms with Gasteiger partial charge in [0.05, 0.1) is 22.9 Å². The standard InChI is InChI=1S/C23H18ClF9N6O2/c1-10(21(26,27)28)23(32,33)41-17(35)16(22(29,30)31)18(36-2)39-8-11(7-37-39)12-5-13(14(24)6-15(12)25)19(40)38-20(9-34)3-4-20/h5-8,10H,3-4,35H2,1-2H3,(H,38,40). The van der Waals surface area contributed by atoms with Gasteiger partial charge in [0.25, 0.3) is 5.91 Å². The third kappa shape index (κ3) is 6.69. The van der Waals surface area contributed by atoms with E-state index >= 15 is 0 Å². The van der Waals surface area contributed by atoms with Crippen molar-refractivity contribution in [3.8, 4) is 17.2 Å². The SMILES string of the molecule is CN=C(C(=C(N)OC(F)(F)C(C)C(F)(F)F)C(F)(F)F)n1cc(-c2cc(C(=O)NC3(C#N)CC3)c(Cl)cc2F)cn1. The first-order valence-corrected chi connectivity index (χ1v) is 11.6. The Morgan fingerprint density at radius 3 is 2.34 bits per heavy atom. The molecule has 3 rings (SSSR count). The number of alkyl halides is 8. The van der Waals surface area contributed by atoms with E-state index in [0.717, 1.165) is 31.6 Å². The molecule has 0 aliphatic heterocycles. The quantitative estimate of drug-likeness (QED) is 0.183. The minimum absolute atomic E-state index is 0.0187. The highest BCUT2D eigenvalue weighted by atomic mass is 35.5. The Bertz CT molecular complexity index is 1450. The van der Waals surface area contributed by atoms with Gasteiger partial charge in [0, 0.05) is 24.4 Å². The van der Waals surface area contributed by atoms with Crippen LogP contribution in [0.2, 0.25) is 5.02 Å². The Hall–Kier alpha value is -3.94. The number of hydrogen-bond acceptors (Lipinski definition) is 6. The van der Waals surface area contributed by atoms with Gasteiger partial charge < -0.3 is 15.8 Å². The van der Waals surface area contributed by atoms with Gasteiger partial charge in [0.15, 0.2) is 17.3 Å². The Balaban J connectivity index is 2.03. The second-order valence-electron chi connectivity index (χ2n) is 8.84. The maximum atomic E-state index is 14.8. The molecular formula is C23H18ClF9N6O2. The number of carbonyl (C=O) groups is 1. The van der Waals surface area contributed by atoms with Crippen LogP contribution >= 0.6 is 11.6 Å². The second-order valence-corrected chi connectivity index (χ2v) is 9.25. The van der Waals surface area contributed by atoms with E-state index in [-0.39, 0.29) is 23.1 Å². The molecule has 1 aliphatic rings. The zero-order valence-electron chi connectivity index (χ0n) is 20.8.